The molecule has 1 aromatic heterocycles. The van der Waals surface area contributed by atoms with Crippen LogP contribution in [0.5, 0.6) is 0 Å². The van der Waals surface area contributed by atoms with Crippen molar-refractivity contribution < 1.29 is 4.74 Å². The number of aromatic nitrogens is 2. The standard InChI is InChI=1S/C9H13N3O/c1-9(2-5-13-7-9)12-8-6-10-3-4-11-8/h3-4,6H,2,5,7H2,1H3,(H,11,12). The zero-order valence-corrected chi connectivity index (χ0v) is 7.66. The minimum atomic E-state index is 0.0238. The van der Waals surface area contributed by atoms with Crippen molar-refractivity contribution in [2.24, 2.45) is 0 Å². The third-order valence-corrected chi connectivity index (χ3v) is 2.21. The highest BCUT2D eigenvalue weighted by molar-refractivity contribution is 5.34. The van der Waals surface area contributed by atoms with Crippen molar-refractivity contribution in [2.75, 3.05) is 18.5 Å². The molecule has 1 aliphatic heterocycles. The van der Waals surface area contributed by atoms with Gasteiger partial charge in [-0.2, -0.15) is 0 Å². The topological polar surface area (TPSA) is 47.0 Å². The Morgan fingerprint density at radius 3 is 3.08 bits per heavy atom. The van der Waals surface area contributed by atoms with Crippen molar-refractivity contribution in [1.82, 2.24) is 9.97 Å². The lowest BCUT2D eigenvalue weighted by Crippen LogP contribution is -2.35. The minimum Gasteiger partial charge on any atom is -0.379 e. The normalized spacial score (nSPS) is 27.5. The maximum absolute atomic E-state index is 5.32. The van der Waals surface area contributed by atoms with Crippen LogP contribution < -0.4 is 5.32 Å². The van der Waals surface area contributed by atoms with Gasteiger partial charge in [-0.3, -0.25) is 4.98 Å². The van der Waals surface area contributed by atoms with Crippen molar-refractivity contribution in [3.05, 3.63) is 18.6 Å². The Morgan fingerprint density at radius 1 is 1.54 bits per heavy atom. The van der Waals surface area contributed by atoms with E-state index < -0.39 is 0 Å². The first-order valence-electron chi connectivity index (χ1n) is 4.40. The number of hydrogen-bond acceptors (Lipinski definition) is 4. The summed E-state index contributed by atoms with van der Waals surface area (Å²) in [6.07, 6.45) is 6.09. The third kappa shape index (κ3) is 1.95. The fourth-order valence-electron chi connectivity index (χ4n) is 1.44. The summed E-state index contributed by atoms with van der Waals surface area (Å²) < 4.78 is 5.32. The Bertz CT molecular complexity index is 269. The Hall–Kier alpha value is -1.16. The second-order valence-electron chi connectivity index (χ2n) is 3.58. The molecule has 0 aliphatic carbocycles. The molecule has 1 N–H and O–H groups in total. The van der Waals surface area contributed by atoms with Crippen LogP contribution in [0.3, 0.4) is 0 Å². The summed E-state index contributed by atoms with van der Waals surface area (Å²) in [4.78, 5) is 8.15. The number of nitrogens with zero attached hydrogens (tertiary/aromatic N) is 2. The van der Waals surface area contributed by atoms with E-state index in [4.69, 9.17) is 4.74 Å². The molecule has 0 spiro atoms. The molecular formula is C9H13N3O. The van der Waals surface area contributed by atoms with E-state index >= 15 is 0 Å². The van der Waals surface area contributed by atoms with Crippen LogP contribution in [-0.4, -0.2) is 28.7 Å². The third-order valence-electron chi connectivity index (χ3n) is 2.21. The zero-order chi connectivity index (χ0) is 9.15. The first-order chi connectivity index (χ1) is 6.29. The molecule has 2 heterocycles. The van der Waals surface area contributed by atoms with Gasteiger partial charge >= 0.3 is 0 Å². The van der Waals surface area contributed by atoms with Gasteiger partial charge in [0.2, 0.25) is 0 Å². The predicted molar refractivity (Wildman–Crippen MR) is 49.5 cm³/mol. The van der Waals surface area contributed by atoms with Gasteiger partial charge in [-0.25, -0.2) is 4.98 Å². The first kappa shape index (κ1) is 8.44. The molecule has 1 unspecified atom stereocenters. The van der Waals surface area contributed by atoms with Crippen LogP contribution in [0, 0.1) is 0 Å². The highest BCUT2D eigenvalue weighted by Gasteiger charge is 2.29. The minimum absolute atomic E-state index is 0.0238. The van der Waals surface area contributed by atoms with E-state index in [-0.39, 0.29) is 5.54 Å². The maximum atomic E-state index is 5.32. The molecule has 1 aromatic rings. The summed E-state index contributed by atoms with van der Waals surface area (Å²) in [7, 11) is 0. The van der Waals surface area contributed by atoms with Gasteiger partial charge in [0.15, 0.2) is 0 Å². The summed E-state index contributed by atoms with van der Waals surface area (Å²) in [5.41, 5.74) is 0.0238. The molecule has 2 rings (SSSR count). The van der Waals surface area contributed by atoms with Crippen LogP contribution in [0.2, 0.25) is 0 Å². The highest BCUT2D eigenvalue weighted by atomic mass is 16.5. The first-order valence-corrected chi connectivity index (χ1v) is 4.40. The molecule has 4 nitrogen and oxygen atoms in total. The number of hydrogen-bond donors (Lipinski definition) is 1. The average Bonchev–Trinajstić information content (AvgIpc) is 2.54. The molecule has 0 aromatic carbocycles. The quantitative estimate of drug-likeness (QED) is 0.737. The average molecular weight is 179 g/mol. The second kappa shape index (κ2) is 3.30. The fraction of sp³-hybridized carbons (Fsp3) is 0.556. The monoisotopic (exact) mass is 179 g/mol. The molecule has 0 saturated carbocycles. The van der Waals surface area contributed by atoms with E-state index in [1.807, 2.05) is 0 Å². The van der Waals surface area contributed by atoms with E-state index in [2.05, 4.69) is 22.2 Å². The van der Waals surface area contributed by atoms with Crippen LogP contribution in [-0.2, 0) is 4.74 Å². The van der Waals surface area contributed by atoms with Crippen LogP contribution in [0.15, 0.2) is 18.6 Å². The largest absolute Gasteiger partial charge is 0.379 e. The molecule has 0 radical (unpaired) electrons. The van der Waals surface area contributed by atoms with E-state index in [0.717, 1.165) is 25.5 Å². The van der Waals surface area contributed by atoms with E-state index in [1.165, 1.54) is 0 Å². The summed E-state index contributed by atoms with van der Waals surface area (Å²) in [6.45, 7) is 3.70. The summed E-state index contributed by atoms with van der Waals surface area (Å²) in [5, 5.41) is 3.32. The molecule has 0 bridgehead atoms. The van der Waals surface area contributed by atoms with E-state index in [0.29, 0.717) is 0 Å². The lowest BCUT2D eigenvalue weighted by atomic mass is 10.0. The van der Waals surface area contributed by atoms with Gasteiger partial charge in [-0.05, 0) is 13.3 Å². The molecule has 0 amide bonds. The smallest absolute Gasteiger partial charge is 0.144 e. The van der Waals surface area contributed by atoms with Gasteiger partial charge in [0.1, 0.15) is 5.82 Å². The molecule has 13 heavy (non-hydrogen) atoms. The number of rotatable bonds is 2. The van der Waals surface area contributed by atoms with Gasteiger partial charge < -0.3 is 10.1 Å². The number of ether oxygens (including phenoxy) is 1. The van der Waals surface area contributed by atoms with Gasteiger partial charge in [0.25, 0.3) is 0 Å². The van der Waals surface area contributed by atoms with Crippen molar-refractivity contribution in [1.29, 1.82) is 0 Å². The van der Waals surface area contributed by atoms with E-state index in [9.17, 15) is 0 Å². The highest BCUT2D eigenvalue weighted by Crippen LogP contribution is 2.21. The van der Waals surface area contributed by atoms with Crippen molar-refractivity contribution in [3.8, 4) is 0 Å². The van der Waals surface area contributed by atoms with Gasteiger partial charge in [0, 0.05) is 19.0 Å². The van der Waals surface area contributed by atoms with Gasteiger partial charge in [-0.15, -0.1) is 0 Å². The number of anilines is 1. The molecular weight excluding hydrogens is 166 g/mol. The molecule has 70 valence electrons. The lowest BCUT2D eigenvalue weighted by molar-refractivity contribution is 0.185. The van der Waals surface area contributed by atoms with Crippen LogP contribution in [0.1, 0.15) is 13.3 Å². The van der Waals surface area contributed by atoms with Crippen LogP contribution in [0.25, 0.3) is 0 Å². The molecule has 1 atom stereocenters. The summed E-state index contributed by atoms with van der Waals surface area (Å²) in [5.74, 6) is 0.815. The molecule has 1 aliphatic rings. The van der Waals surface area contributed by atoms with Gasteiger partial charge in [0.05, 0.1) is 18.3 Å². The summed E-state index contributed by atoms with van der Waals surface area (Å²) >= 11 is 0. The maximum Gasteiger partial charge on any atom is 0.144 e. The zero-order valence-electron chi connectivity index (χ0n) is 7.66. The molecule has 4 heteroatoms. The second-order valence-corrected chi connectivity index (χ2v) is 3.58. The Labute approximate surface area is 77.4 Å². The van der Waals surface area contributed by atoms with E-state index in [1.54, 1.807) is 18.6 Å². The molecule has 1 fully saturated rings. The SMILES string of the molecule is CC1(Nc2cnccn2)CCOC1. The lowest BCUT2D eigenvalue weighted by Gasteiger charge is -2.23. The van der Waals surface area contributed by atoms with Crippen LogP contribution >= 0.6 is 0 Å². The Morgan fingerprint density at radius 2 is 2.46 bits per heavy atom. The van der Waals surface area contributed by atoms with Crippen LogP contribution in [0.4, 0.5) is 5.82 Å². The number of nitrogens with one attached hydrogen (secondary N) is 1. The van der Waals surface area contributed by atoms with Crippen molar-refractivity contribution >= 4 is 5.82 Å². The van der Waals surface area contributed by atoms with Gasteiger partial charge in [-0.1, -0.05) is 0 Å². The fourth-order valence-corrected chi connectivity index (χ4v) is 1.44. The molecule has 1 saturated heterocycles. The van der Waals surface area contributed by atoms with Crippen molar-refractivity contribution in [2.45, 2.75) is 18.9 Å². The summed E-state index contributed by atoms with van der Waals surface area (Å²) in [6, 6.07) is 0. The van der Waals surface area contributed by atoms with Crippen molar-refractivity contribution in [3.63, 3.8) is 0 Å². The Balaban J connectivity index is 2.05. The predicted octanol–water partition coefficient (Wildman–Crippen LogP) is 1.07. The Kier molecular flexibility index (Phi) is 2.14.